The number of nitrogens with one attached hydrogen (secondary N) is 1. The van der Waals surface area contributed by atoms with E-state index in [2.05, 4.69) is 18.3 Å². The zero-order valence-electron chi connectivity index (χ0n) is 7.42. The summed E-state index contributed by atoms with van der Waals surface area (Å²) in [7, 11) is 0. The van der Waals surface area contributed by atoms with Gasteiger partial charge in [-0.25, -0.2) is 0 Å². The van der Waals surface area contributed by atoms with Crippen molar-refractivity contribution in [2.24, 2.45) is 0 Å². The Morgan fingerprint density at radius 3 is 3.08 bits per heavy atom. The fraction of sp³-hybridized carbons (Fsp3) is 0.556. The molecular weight excluding hydrogens is 206 g/mol. The number of hydrogen-bond acceptors (Lipinski definition) is 3. The molecule has 13 heavy (non-hydrogen) atoms. The fourth-order valence-corrected chi connectivity index (χ4v) is 2.78. The second-order valence-electron chi connectivity index (χ2n) is 3.15. The standard InChI is InChI=1S/C9H12ClNOS/c1-6-9(11-4-5-12-6)7-2-3-8(10)13-7/h2-3,6,9,11H,4-5H2,1H3. The number of ether oxygens (including phenoxy) is 1. The van der Waals surface area contributed by atoms with Crippen LogP contribution in [0, 0.1) is 0 Å². The van der Waals surface area contributed by atoms with Crippen molar-refractivity contribution in [3.63, 3.8) is 0 Å². The third-order valence-corrected chi connectivity index (χ3v) is 3.53. The molecule has 1 aliphatic rings. The summed E-state index contributed by atoms with van der Waals surface area (Å²) in [6, 6.07) is 4.31. The molecule has 1 aromatic heterocycles. The molecule has 0 bridgehead atoms. The molecule has 0 saturated carbocycles. The summed E-state index contributed by atoms with van der Waals surface area (Å²) < 4.78 is 6.40. The molecule has 1 N–H and O–H groups in total. The first-order valence-corrected chi connectivity index (χ1v) is 5.57. The summed E-state index contributed by atoms with van der Waals surface area (Å²) >= 11 is 7.50. The Hall–Kier alpha value is -0.0900. The van der Waals surface area contributed by atoms with E-state index in [-0.39, 0.29) is 6.10 Å². The Morgan fingerprint density at radius 2 is 2.46 bits per heavy atom. The molecule has 0 aliphatic carbocycles. The van der Waals surface area contributed by atoms with Gasteiger partial charge in [-0.2, -0.15) is 0 Å². The van der Waals surface area contributed by atoms with Gasteiger partial charge in [0.05, 0.1) is 23.1 Å². The van der Waals surface area contributed by atoms with E-state index in [1.165, 1.54) is 4.88 Å². The molecule has 1 saturated heterocycles. The lowest BCUT2D eigenvalue weighted by molar-refractivity contribution is 0.00854. The number of rotatable bonds is 1. The van der Waals surface area contributed by atoms with Crippen LogP contribution in [0.3, 0.4) is 0 Å². The minimum absolute atomic E-state index is 0.239. The molecule has 2 heterocycles. The highest BCUT2D eigenvalue weighted by molar-refractivity contribution is 7.16. The van der Waals surface area contributed by atoms with E-state index < -0.39 is 0 Å². The third-order valence-electron chi connectivity index (χ3n) is 2.22. The van der Waals surface area contributed by atoms with Crippen molar-refractivity contribution in [3.8, 4) is 0 Å². The van der Waals surface area contributed by atoms with Crippen LogP contribution >= 0.6 is 22.9 Å². The van der Waals surface area contributed by atoms with E-state index >= 15 is 0 Å². The van der Waals surface area contributed by atoms with Gasteiger partial charge in [-0.3, -0.25) is 0 Å². The van der Waals surface area contributed by atoms with Crippen molar-refractivity contribution >= 4 is 22.9 Å². The number of morpholine rings is 1. The molecule has 2 unspecified atom stereocenters. The molecule has 2 rings (SSSR count). The van der Waals surface area contributed by atoms with Gasteiger partial charge in [-0.15, -0.1) is 11.3 Å². The van der Waals surface area contributed by atoms with Crippen molar-refractivity contribution in [2.75, 3.05) is 13.2 Å². The van der Waals surface area contributed by atoms with Crippen LogP contribution < -0.4 is 5.32 Å². The molecule has 2 nitrogen and oxygen atoms in total. The van der Waals surface area contributed by atoms with Gasteiger partial charge in [0, 0.05) is 11.4 Å². The zero-order chi connectivity index (χ0) is 9.26. The number of hydrogen-bond donors (Lipinski definition) is 1. The van der Waals surface area contributed by atoms with E-state index in [4.69, 9.17) is 16.3 Å². The molecule has 0 amide bonds. The average molecular weight is 218 g/mol. The molecule has 1 fully saturated rings. The molecule has 72 valence electrons. The molecule has 1 aliphatic heterocycles. The molecule has 2 atom stereocenters. The predicted octanol–water partition coefficient (Wildman–Crippen LogP) is 2.45. The van der Waals surface area contributed by atoms with Gasteiger partial charge in [0.15, 0.2) is 0 Å². The smallest absolute Gasteiger partial charge is 0.0931 e. The maximum absolute atomic E-state index is 5.88. The highest BCUT2D eigenvalue weighted by atomic mass is 35.5. The monoisotopic (exact) mass is 217 g/mol. The van der Waals surface area contributed by atoms with Gasteiger partial charge in [0.1, 0.15) is 0 Å². The minimum atomic E-state index is 0.239. The molecule has 0 aromatic carbocycles. The third kappa shape index (κ3) is 2.05. The maximum Gasteiger partial charge on any atom is 0.0931 e. The Kier molecular flexibility index (Phi) is 2.89. The largest absolute Gasteiger partial charge is 0.375 e. The van der Waals surface area contributed by atoms with Crippen LogP contribution in [0.2, 0.25) is 4.34 Å². The van der Waals surface area contributed by atoms with Crippen LogP contribution in [-0.4, -0.2) is 19.3 Å². The van der Waals surface area contributed by atoms with Crippen molar-refractivity contribution in [1.29, 1.82) is 0 Å². The maximum atomic E-state index is 5.88. The van der Waals surface area contributed by atoms with Gasteiger partial charge in [0.25, 0.3) is 0 Å². The van der Waals surface area contributed by atoms with Crippen molar-refractivity contribution in [2.45, 2.75) is 19.1 Å². The fourth-order valence-electron chi connectivity index (χ4n) is 1.55. The lowest BCUT2D eigenvalue weighted by atomic mass is 10.1. The summed E-state index contributed by atoms with van der Waals surface area (Å²) in [5, 5.41) is 3.43. The Labute approximate surface area is 86.9 Å². The molecule has 0 spiro atoms. The highest BCUT2D eigenvalue weighted by Crippen LogP contribution is 2.30. The number of thiophene rings is 1. The van der Waals surface area contributed by atoms with Gasteiger partial charge in [-0.05, 0) is 19.1 Å². The summed E-state index contributed by atoms with van der Waals surface area (Å²) in [4.78, 5) is 1.26. The van der Waals surface area contributed by atoms with Crippen LogP contribution in [0.25, 0.3) is 0 Å². The Balaban J connectivity index is 2.14. The van der Waals surface area contributed by atoms with Crippen LogP contribution in [0.15, 0.2) is 12.1 Å². The van der Waals surface area contributed by atoms with Crippen molar-refractivity contribution in [3.05, 3.63) is 21.3 Å². The normalized spacial score (nSPS) is 29.1. The van der Waals surface area contributed by atoms with Crippen molar-refractivity contribution < 1.29 is 4.74 Å². The van der Waals surface area contributed by atoms with Gasteiger partial charge in [-0.1, -0.05) is 11.6 Å². The van der Waals surface area contributed by atoms with Gasteiger partial charge in [0.2, 0.25) is 0 Å². The van der Waals surface area contributed by atoms with Gasteiger partial charge < -0.3 is 10.1 Å². The van der Waals surface area contributed by atoms with E-state index in [0.717, 1.165) is 17.5 Å². The van der Waals surface area contributed by atoms with Crippen LogP contribution in [0.1, 0.15) is 17.8 Å². The lowest BCUT2D eigenvalue weighted by Gasteiger charge is -2.29. The van der Waals surface area contributed by atoms with E-state index in [0.29, 0.717) is 6.04 Å². The average Bonchev–Trinajstić information content (AvgIpc) is 2.53. The van der Waals surface area contributed by atoms with Crippen LogP contribution in [-0.2, 0) is 4.74 Å². The summed E-state index contributed by atoms with van der Waals surface area (Å²) in [6.45, 7) is 3.81. The zero-order valence-corrected chi connectivity index (χ0v) is 8.99. The van der Waals surface area contributed by atoms with Crippen LogP contribution in [0.4, 0.5) is 0 Å². The summed E-state index contributed by atoms with van der Waals surface area (Å²) in [5.41, 5.74) is 0. The summed E-state index contributed by atoms with van der Waals surface area (Å²) in [6.07, 6.45) is 0.239. The molecule has 1 aromatic rings. The van der Waals surface area contributed by atoms with E-state index in [1.54, 1.807) is 11.3 Å². The Bertz CT molecular complexity index is 289. The first-order chi connectivity index (χ1) is 6.27. The lowest BCUT2D eigenvalue weighted by Crippen LogP contribution is -2.39. The predicted molar refractivity (Wildman–Crippen MR) is 55.5 cm³/mol. The topological polar surface area (TPSA) is 21.3 Å². The quantitative estimate of drug-likeness (QED) is 0.781. The second-order valence-corrected chi connectivity index (χ2v) is 4.90. The molecular formula is C9H12ClNOS. The molecule has 0 radical (unpaired) electrons. The first-order valence-electron chi connectivity index (χ1n) is 4.37. The van der Waals surface area contributed by atoms with Crippen LogP contribution in [0.5, 0.6) is 0 Å². The number of halogens is 1. The van der Waals surface area contributed by atoms with E-state index in [9.17, 15) is 0 Å². The Morgan fingerprint density at radius 1 is 1.62 bits per heavy atom. The highest BCUT2D eigenvalue weighted by Gasteiger charge is 2.24. The molecule has 4 heteroatoms. The van der Waals surface area contributed by atoms with E-state index in [1.807, 2.05) is 6.07 Å². The summed E-state index contributed by atoms with van der Waals surface area (Å²) in [5.74, 6) is 0. The van der Waals surface area contributed by atoms with Crippen molar-refractivity contribution in [1.82, 2.24) is 5.32 Å². The minimum Gasteiger partial charge on any atom is -0.375 e. The first kappa shape index (κ1) is 9.46. The SMILES string of the molecule is CC1OCCNC1c1ccc(Cl)s1. The van der Waals surface area contributed by atoms with Gasteiger partial charge >= 0.3 is 0 Å². The second kappa shape index (κ2) is 3.96.